The number of thioether (sulfide) groups is 1. The fraction of sp³-hybridized carbons (Fsp3) is 0.675. The molecule has 0 aliphatic carbocycles. The fourth-order valence-corrected chi connectivity index (χ4v) is 6.08. The van der Waals surface area contributed by atoms with Crippen molar-refractivity contribution in [2.45, 2.75) is 157 Å². The Morgan fingerprint density at radius 2 is 1.18 bits per heavy atom. The minimum absolute atomic E-state index is 0.178. The Balaban J connectivity index is 5.11. The molecule has 0 saturated heterocycles. The van der Waals surface area contributed by atoms with Crippen LogP contribution in [0.5, 0.6) is 0 Å². The standard InChI is InChI=1S/C40H70O3SSi/c1-32(2)20-16-23-36(7)25-17-24-34(5)21-14-15-22-35(6)26-18-27-37(30-43-45(12,13)40(8,9)10)28-19-29-38(39(41)42-11)31-44-33(3)4/h20-22,25,27,29,33H,14-19,23-24,26,28,30-31H2,1-13H3/b34-21+,35-22+,36-25+,37-27-,38-29+. The van der Waals surface area contributed by atoms with Crippen molar-refractivity contribution in [3.8, 4) is 0 Å². The lowest BCUT2D eigenvalue weighted by Crippen LogP contribution is -2.41. The van der Waals surface area contributed by atoms with Crippen LogP contribution >= 0.6 is 11.8 Å². The van der Waals surface area contributed by atoms with Gasteiger partial charge in [-0.2, -0.15) is 11.8 Å². The first-order valence-corrected chi connectivity index (χ1v) is 21.2. The van der Waals surface area contributed by atoms with Crippen LogP contribution in [-0.2, 0) is 14.0 Å². The number of carbonyl (C=O) groups excluding carboxylic acids is 1. The van der Waals surface area contributed by atoms with E-state index in [2.05, 4.69) is 119 Å². The zero-order chi connectivity index (χ0) is 34.5. The Labute approximate surface area is 285 Å². The third-order valence-corrected chi connectivity index (χ3v) is 14.2. The molecule has 0 radical (unpaired) electrons. The van der Waals surface area contributed by atoms with Crippen molar-refractivity contribution < 1.29 is 14.0 Å². The van der Waals surface area contributed by atoms with Gasteiger partial charge in [0, 0.05) is 11.3 Å². The van der Waals surface area contributed by atoms with Gasteiger partial charge in [0.2, 0.25) is 0 Å². The van der Waals surface area contributed by atoms with E-state index in [4.69, 9.17) is 9.16 Å². The van der Waals surface area contributed by atoms with Gasteiger partial charge in [-0.05, 0) is 128 Å². The van der Waals surface area contributed by atoms with Crippen molar-refractivity contribution in [1.82, 2.24) is 0 Å². The van der Waals surface area contributed by atoms with E-state index in [-0.39, 0.29) is 11.0 Å². The normalized spacial score (nSPS) is 14.3. The molecule has 0 aromatic heterocycles. The molecule has 0 heterocycles. The van der Waals surface area contributed by atoms with Gasteiger partial charge in [0.15, 0.2) is 8.32 Å². The van der Waals surface area contributed by atoms with Crippen LogP contribution in [0.4, 0.5) is 0 Å². The Morgan fingerprint density at radius 3 is 1.64 bits per heavy atom. The number of methoxy groups -OCH3 is 1. The minimum atomic E-state index is -1.85. The molecule has 0 rings (SSSR count). The molecular weight excluding hydrogens is 589 g/mol. The van der Waals surface area contributed by atoms with Crippen LogP contribution < -0.4 is 0 Å². The van der Waals surface area contributed by atoms with Gasteiger partial charge in [-0.15, -0.1) is 0 Å². The van der Waals surface area contributed by atoms with Crippen LogP contribution in [-0.4, -0.2) is 39.0 Å². The predicted octanol–water partition coefficient (Wildman–Crippen LogP) is 12.9. The first-order valence-electron chi connectivity index (χ1n) is 17.3. The molecule has 258 valence electrons. The summed E-state index contributed by atoms with van der Waals surface area (Å²) in [6, 6.07) is 0. The summed E-state index contributed by atoms with van der Waals surface area (Å²) >= 11 is 1.78. The molecule has 0 bridgehead atoms. The van der Waals surface area contributed by atoms with E-state index < -0.39 is 8.32 Å². The highest BCUT2D eigenvalue weighted by Gasteiger charge is 2.37. The maximum Gasteiger partial charge on any atom is 0.334 e. The van der Waals surface area contributed by atoms with Gasteiger partial charge in [0.1, 0.15) is 0 Å². The smallest absolute Gasteiger partial charge is 0.334 e. The highest BCUT2D eigenvalue weighted by atomic mass is 32.2. The number of unbranched alkanes of at least 4 members (excludes halogenated alkanes) is 1. The summed E-state index contributed by atoms with van der Waals surface area (Å²) in [5.41, 5.74) is 7.97. The maximum absolute atomic E-state index is 12.3. The highest BCUT2D eigenvalue weighted by Crippen LogP contribution is 2.37. The molecule has 0 aromatic rings. The number of rotatable bonds is 22. The van der Waals surface area contributed by atoms with Crippen molar-refractivity contribution in [1.29, 1.82) is 0 Å². The zero-order valence-electron chi connectivity index (χ0n) is 31.7. The van der Waals surface area contributed by atoms with E-state index in [1.54, 1.807) is 11.8 Å². The van der Waals surface area contributed by atoms with Gasteiger partial charge in [-0.25, -0.2) is 4.79 Å². The van der Waals surface area contributed by atoms with Crippen LogP contribution in [0, 0.1) is 0 Å². The number of esters is 1. The number of hydrogen-bond donors (Lipinski definition) is 0. The summed E-state index contributed by atoms with van der Waals surface area (Å²) in [6.07, 6.45) is 24.7. The molecule has 0 unspecified atom stereocenters. The number of ether oxygens (including phenoxy) is 1. The largest absolute Gasteiger partial charge is 0.466 e. The Bertz CT molecular complexity index is 1040. The lowest BCUT2D eigenvalue weighted by molar-refractivity contribution is -0.136. The molecule has 0 aromatic carbocycles. The van der Waals surface area contributed by atoms with E-state index in [9.17, 15) is 4.79 Å². The van der Waals surface area contributed by atoms with Crippen LogP contribution in [0.3, 0.4) is 0 Å². The van der Waals surface area contributed by atoms with Gasteiger partial charge in [0.25, 0.3) is 0 Å². The molecule has 0 saturated carbocycles. The third kappa shape index (κ3) is 22.6. The molecular formula is C40H70O3SSi. The molecule has 3 nitrogen and oxygen atoms in total. The Morgan fingerprint density at radius 1 is 0.711 bits per heavy atom. The van der Waals surface area contributed by atoms with Crippen LogP contribution in [0.15, 0.2) is 69.9 Å². The summed E-state index contributed by atoms with van der Waals surface area (Å²) in [5.74, 6) is 0.477. The zero-order valence-corrected chi connectivity index (χ0v) is 33.5. The number of carbonyl (C=O) groups is 1. The summed E-state index contributed by atoms with van der Waals surface area (Å²) in [7, 11) is -0.381. The maximum atomic E-state index is 12.3. The summed E-state index contributed by atoms with van der Waals surface area (Å²) in [6.45, 7) is 27.6. The molecule has 0 atom stereocenters. The predicted molar refractivity (Wildman–Crippen MR) is 206 cm³/mol. The van der Waals surface area contributed by atoms with Gasteiger partial charge in [-0.1, -0.05) is 93.4 Å². The van der Waals surface area contributed by atoms with Gasteiger partial charge in [0.05, 0.1) is 13.7 Å². The fourth-order valence-electron chi connectivity index (χ4n) is 4.35. The summed E-state index contributed by atoms with van der Waals surface area (Å²) < 4.78 is 11.7. The average molecular weight is 659 g/mol. The van der Waals surface area contributed by atoms with E-state index in [1.165, 1.54) is 41.4 Å². The van der Waals surface area contributed by atoms with E-state index >= 15 is 0 Å². The summed E-state index contributed by atoms with van der Waals surface area (Å²) in [4.78, 5) is 12.3. The van der Waals surface area contributed by atoms with Crippen molar-refractivity contribution in [3.05, 3.63) is 69.9 Å². The molecule has 0 spiro atoms. The molecule has 0 N–H and O–H groups in total. The van der Waals surface area contributed by atoms with Crippen molar-refractivity contribution >= 4 is 26.0 Å². The minimum Gasteiger partial charge on any atom is -0.466 e. The Hall–Kier alpha value is -1.56. The monoisotopic (exact) mass is 658 g/mol. The lowest BCUT2D eigenvalue weighted by Gasteiger charge is -2.36. The lowest BCUT2D eigenvalue weighted by atomic mass is 10.0. The summed E-state index contributed by atoms with van der Waals surface area (Å²) in [5, 5.41) is 0.652. The number of allylic oxidation sites excluding steroid dienone is 10. The molecule has 0 amide bonds. The van der Waals surface area contributed by atoms with Gasteiger partial charge in [-0.3, -0.25) is 0 Å². The number of hydrogen-bond acceptors (Lipinski definition) is 4. The quantitative estimate of drug-likeness (QED) is 0.0381. The highest BCUT2D eigenvalue weighted by molar-refractivity contribution is 8.00. The van der Waals surface area contributed by atoms with Crippen molar-refractivity contribution in [3.63, 3.8) is 0 Å². The topological polar surface area (TPSA) is 35.5 Å². The second-order valence-corrected chi connectivity index (χ2v) is 21.0. The van der Waals surface area contributed by atoms with Gasteiger partial charge >= 0.3 is 5.97 Å². The molecule has 0 aliphatic rings. The first kappa shape index (κ1) is 43.4. The van der Waals surface area contributed by atoms with E-state index in [0.717, 1.165) is 63.4 Å². The van der Waals surface area contributed by atoms with Crippen LogP contribution in [0.2, 0.25) is 18.1 Å². The molecule has 0 aliphatic heterocycles. The molecule has 0 fully saturated rings. The van der Waals surface area contributed by atoms with Crippen molar-refractivity contribution in [2.24, 2.45) is 0 Å². The van der Waals surface area contributed by atoms with Gasteiger partial charge < -0.3 is 9.16 Å². The second kappa shape index (κ2) is 23.7. The SMILES string of the molecule is COC(=O)/C(=C/CC/C(=C/CC/C(C)=C/CC/C=C(\C)CC/C=C(\C)CCC=C(C)C)CO[Si](C)(C)C(C)(C)C)CSC(C)C. The Kier molecular flexibility index (Phi) is 22.9. The second-order valence-electron chi connectivity index (χ2n) is 14.7. The first-order chi connectivity index (χ1) is 21.0. The van der Waals surface area contributed by atoms with Crippen LogP contribution in [0.1, 0.15) is 133 Å². The molecule has 5 heteroatoms. The van der Waals surface area contributed by atoms with Crippen molar-refractivity contribution in [2.75, 3.05) is 19.5 Å². The average Bonchev–Trinajstić information content (AvgIpc) is 2.94. The molecule has 45 heavy (non-hydrogen) atoms. The third-order valence-electron chi connectivity index (χ3n) is 8.55. The van der Waals surface area contributed by atoms with E-state index in [1.807, 2.05) is 0 Å². The van der Waals surface area contributed by atoms with Crippen LogP contribution in [0.25, 0.3) is 0 Å². The van der Waals surface area contributed by atoms with E-state index in [0.29, 0.717) is 17.6 Å².